The van der Waals surface area contributed by atoms with E-state index >= 15 is 0 Å². The summed E-state index contributed by atoms with van der Waals surface area (Å²) < 4.78 is 6.18. The molecule has 0 amide bonds. The van der Waals surface area contributed by atoms with Gasteiger partial charge >= 0.3 is 0 Å². The molecule has 2 heteroatoms. The van der Waals surface area contributed by atoms with Gasteiger partial charge in [0, 0.05) is 31.3 Å². The van der Waals surface area contributed by atoms with Gasteiger partial charge in [-0.25, -0.2) is 0 Å². The molecule has 0 N–H and O–H groups in total. The highest BCUT2D eigenvalue weighted by Crippen LogP contribution is 2.33. The second-order valence-electron chi connectivity index (χ2n) is 7.85. The molecule has 138 valence electrons. The van der Waals surface area contributed by atoms with Gasteiger partial charge in [-0.2, -0.15) is 0 Å². The first kappa shape index (κ1) is 19.6. The average molecular weight is 334 g/mol. The molecule has 0 aromatic heterocycles. The average Bonchev–Trinajstić information content (AvgIpc) is 2.58. The lowest BCUT2D eigenvalue weighted by Gasteiger charge is -2.45. The Labute approximate surface area is 150 Å². The van der Waals surface area contributed by atoms with Crippen LogP contribution in [0.15, 0.2) is 23.9 Å². The lowest BCUT2D eigenvalue weighted by Crippen LogP contribution is -2.45. The Hall–Kier alpha value is -0.760. The smallest absolute Gasteiger partial charge is 0.0648 e. The van der Waals surface area contributed by atoms with Crippen LogP contribution in [0.5, 0.6) is 0 Å². The predicted molar refractivity (Wildman–Crippen MR) is 104 cm³/mol. The van der Waals surface area contributed by atoms with E-state index in [2.05, 4.69) is 31.4 Å². The monoisotopic (exact) mass is 333 g/mol. The Balaban J connectivity index is 1.56. The zero-order valence-corrected chi connectivity index (χ0v) is 16.2. The van der Waals surface area contributed by atoms with Crippen molar-refractivity contribution in [2.24, 2.45) is 0 Å². The van der Waals surface area contributed by atoms with E-state index in [4.69, 9.17) is 4.74 Å². The van der Waals surface area contributed by atoms with Gasteiger partial charge in [0.25, 0.3) is 0 Å². The van der Waals surface area contributed by atoms with Crippen molar-refractivity contribution in [1.82, 2.24) is 4.90 Å². The van der Waals surface area contributed by atoms with Gasteiger partial charge in [-0.05, 0) is 58.3 Å². The van der Waals surface area contributed by atoms with Crippen molar-refractivity contribution in [3.05, 3.63) is 23.9 Å². The second kappa shape index (κ2) is 11.0. The van der Waals surface area contributed by atoms with Crippen molar-refractivity contribution < 1.29 is 4.74 Å². The third kappa shape index (κ3) is 6.63. The maximum Gasteiger partial charge on any atom is 0.0648 e. The van der Waals surface area contributed by atoms with Crippen LogP contribution < -0.4 is 0 Å². The minimum atomic E-state index is 0.413. The zero-order chi connectivity index (χ0) is 17.2. The van der Waals surface area contributed by atoms with Crippen molar-refractivity contribution in [2.45, 2.75) is 103 Å². The molecule has 2 aliphatic heterocycles. The SMILES string of the molecule is C=C1CC(OCCCC=C(C)CCCCCC)CC2CCCCN12. The summed E-state index contributed by atoms with van der Waals surface area (Å²) in [5.41, 5.74) is 2.88. The van der Waals surface area contributed by atoms with Gasteiger partial charge in [-0.1, -0.05) is 44.4 Å². The number of nitrogens with zero attached hydrogens (tertiary/aromatic N) is 1. The molecule has 0 saturated carbocycles. The Morgan fingerprint density at radius 3 is 2.96 bits per heavy atom. The Morgan fingerprint density at radius 1 is 1.25 bits per heavy atom. The molecule has 2 rings (SSSR count). The molecule has 2 unspecified atom stereocenters. The summed E-state index contributed by atoms with van der Waals surface area (Å²) in [6.45, 7) is 11.0. The number of rotatable bonds is 10. The molecule has 2 heterocycles. The first-order valence-corrected chi connectivity index (χ1v) is 10.4. The standard InChI is InChI=1S/C22H39NO/c1-4-5-6-7-12-19(2)13-9-11-16-24-22-17-20(3)23-15-10-8-14-21(23)18-22/h13,21-22H,3-12,14-18H2,1-2H3. The summed E-state index contributed by atoms with van der Waals surface area (Å²) in [4.78, 5) is 2.55. The van der Waals surface area contributed by atoms with Gasteiger partial charge in [0.05, 0.1) is 6.10 Å². The van der Waals surface area contributed by atoms with Gasteiger partial charge in [-0.3, -0.25) is 0 Å². The van der Waals surface area contributed by atoms with Gasteiger partial charge in [0.15, 0.2) is 0 Å². The molecule has 24 heavy (non-hydrogen) atoms. The Morgan fingerprint density at radius 2 is 2.12 bits per heavy atom. The number of hydrogen-bond donors (Lipinski definition) is 0. The van der Waals surface area contributed by atoms with Crippen molar-refractivity contribution in [2.75, 3.05) is 13.2 Å². The molecular formula is C22H39NO. The van der Waals surface area contributed by atoms with Crippen molar-refractivity contribution >= 4 is 0 Å². The molecule has 0 bridgehead atoms. The molecule has 0 aromatic rings. The van der Waals surface area contributed by atoms with Gasteiger partial charge in [-0.15, -0.1) is 0 Å². The quantitative estimate of drug-likeness (QED) is 0.347. The van der Waals surface area contributed by atoms with E-state index in [1.54, 1.807) is 5.57 Å². The summed E-state index contributed by atoms with van der Waals surface area (Å²) in [5.74, 6) is 0. The molecule has 0 spiro atoms. The lowest BCUT2D eigenvalue weighted by atomic mass is 9.90. The summed E-state index contributed by atoms with van der Waals surface area (Å²) in [6, 6.07) is 0.704. The topological polar surface area (TPSA) is 12.5 Å². The molecule has 2 aliphatic rings. The van der Waals surface area contributed by atoms with E-state index in [0.717, 1.165) is 19.4 Å². The highest BCUT2D eigenvalue weighted by atomic mass is 16.5. The molecule has 0 radical (unpaired) electrons. The van der Waals surface area contributed by atoms with E-state index in [-0.39, 0.29) is 0 Å². The molecule has 0 aromatic carbocycles. The highest BCUT2D eigenvalue weighted by Gasteiger charge is 2.32. The molecule has 2 nitrogen and oxygen atoms in total. The summed E-state index contributed by atoms with van der Waals surface area (Å²) in [7, 11) is 0. The minimum Gasteiger partial charge on any atom is -0.378 e. The fourth-order valence-corrected chi connectivity index (χ4v) is 4.17. The van der Waals surface area contributed by atoms with Gasteiger partial charge < -0.3 is 9.64 Å². The number of allylic oxidation sites excluding steroid dienone is 2. The van der Waals surface area contributed by atoms with E-state index in [1.165, 1.54) is 76.5 Å². The third-order valence-electron chi connectivity index (χ3n) is 5.65. The van der Waals surface area contributed by atoms with Crippen LogP contribution in [0.3, 0.4) is 0 Å². The summed E-state index contributed by atoms with van der Waals surface area (Å²) in [6.07, 6.45) is 18.2. The van der Waals surface area contributed by atoms with Gasteiger partial charge in [0.1, 0.15) is 0 Å². The Kier molecular flexibility index (Phi) is 8.94. The molecule has 2 atom stereocenters. The third-order valence-corrected chi connectivity index (χ3v) is 5.65. The summed E-state index contributed by atoms with van der Waals surface area (Å²) >= 11 is 0. The molecule has 2 fully saturated rings. The molecule has 2 saturated heterocycles. The van der Waals surface area contributed by atoms with E-state index in [1.807, 2.05) is 0 Å². The lowest BCUT2D eigenvalue weighted by molar-refractivity contribution is -0.00543. The number of hydrogen-bond acceptors (Lipinski definition) is 2. The fourth-order valence-electron chi connectivity index (χ4n) is 4.17. The van der Waals surface area contributed by atoms with E-state index < -0.39 is 0 Å². The normalized spacial score (nSPS) is 25.0. The van der Waals surface area contributed by atoms with Crippen LogP contribution in [-0.2, 0) is 4.74 Å². The van der Waals surface area contributed by atoms with Crippen LogP contribution in [0.4, 0.5) is 0 Å². The van der Waals surface area contributed by atoms with Crippen molar-refractivity contribution in [1.29, 1.82) is 0 Å². The number of piperidine rings is 2. The largest absolute Gasteiger partial charge is 0.378 e. The maximum absolute atomic E-state index is 6.18. The van der Waals surface area contributed by atoms with Crippen LogP contribution in [-0.4, -0.2) is 30.2 Å². The van der Waals surface area contributed by atoms with Gasteiger partial charge in [0.2, 0.25) is 0 Å². The van der Waals surface area contributed by atoms with Crippen LogP contribution >= 0.6 is 0 Å². The highest BCUT2D eigenvalue weighted by molar-refractivity contribution is 5.05. The summed E-state index contributed by atoms with van der Waals surface area (Å²) in [5, 5.41) is 0. The first-order chi connectivity index (χ1) is 11.7. The van der Waals surface area contributed by atoms with E-state index in [9.17, 15) is 0 Å². The maximum atomic E-state index is 6.18. The number of fused-ring (bicyclic) bond motifs is 1. The van der Waals surface area contributed by atoms with Crippen LogP contribution in [0.2, 0.25) is 0 Å². The van der Waals surface area contributed by atoms with Crippen molar-refractivity contribution in [3.8, 4) is 0 Å². The molecule has 0 aliphatic carbocycles. The predicted octanol–water partition coefficient (Wildman–Crippen LogP) is 6.23. The van der Waals surface area contributed by atoms with Crippen LogP contribution in [0, 0.1) is 0 Å². The molecular weight excluding hydrogens is 294 g/mol. The van der Waals surface area contributed by atoms with Crippen LogP contribution in [0.1, 0.15) is 90.9 Å². The second-order valence-corrected chi connectivity index (χ2v) is 7.85. The van der Waals surface area contributed by atoms with E-state index in [0.29, 0.717) is 12.1 Å². The number of unbranched alkanes of at least 4 members (excludes halogenated alkanes) is 4. The van der Waals surface area contributed by atoms with Crippen LogP contribution in [0.25, 0.3) is 0 Å². The zero-order valence-electron chi connectivity index (χ0n) is 16.2. The minimum absolute atomic E-state index is 0.413. The number of ether oxygens (including phenoxy) is 1. The van der Waals surface area contributed by atoms with Crippen molar-refractivity contribution in [3.63, 3.8) is 0 Å². The fraction of sp³-hybridized carbons (Fsp3) is 0.818. The Bertz CT molecular complexity index is 401. The first-order valence-electron chi connectivity index (χ1n) is 10.4.